The van der Waals surface area contributed by atoms with Crippen molar-refractivity contribution < 1.29 is 30.0 Å². The van der Waals surface area contributed by atoms with Gasteiger partial charge in [-0.25, -0.2) is 0 Å². The molecule has 0 heterocycles. The van der Waals surface area contributed by atoms with Crippen molar-refractivity contribution in [2.45, 2.75) is 0 Å². The molecule has 70 valence electrons. The van der Waals surface area contributed by atoms with Crippen LogP contribution < -0.4 is 0 Å². The molecular weight excluding hydrogens is 220 g/mol. The summed E-state index contributed by atoms with van der Waals surface area (Å²) in [6.07, 6.45) is 0.715. The van der Waals surface area contributed by atoms with Gasteiger partial charge in [-0.05, 0) is 0 Å². The zero-order valence-corrected chi connectivity index (χ0v) is 8.41. The van der Waals surface area contributed by atoms with Gasteiger partial charge in [0.1, 0.15) is 0 Å². The molecule has 0 saturated carbocycles. The molecule has 12 heavy (non-hydrogen) atoms. The maximum Gasteiger partial charge on any atom is 0.261 e. The molecule has 1 aromatic rings. The first-order valence-electron chi connectivity index (χ1n) is 2.92. The van der Waals surface area contributed by atoms with E-state index in [4.69, 9.17) is 4.55 Å². The Morgan fingerprint density at radius 3 is 1.08 bits per heavy atom. The first kappa shape index (κ1) is 14.2. The van der Waals surface area contributed by atoms with Crippen LogP contribution in [0.15, 0.2) is 36.4 Å². The van der Waals surface area contributed by atoms with E-state index >= 15 is 0 Å². The van der Waals surface area contributed by atoms with Crippen LogP contribution in [-0.2, 0) is 27.2 Å². The molecule has 0 aromatic heterocycles. The van der Waals surface area contributed by atoms with E-state index in [1.165, 1.54) is 0 Å². The number of benzene rings is 1. The minimum absolute atomic E-state index is 0. The molecular formula is C7H10FeO3S. The predicted molar refractivity (Wildman–Crippen MR) is 43.9 cm³/mol. The zero-order valence-electron chi connectivity index (χ0n) is 6.49. The average Bonchev–Trinajstić information content (AvgIpc) is 1.88. The minimum atomic E-state index is -3.67. The van der Waals surface area contributed by atoms with Crippen molar-refractivity contribution in [3.63, 3.8) is 0 Å². The summed E-state index contributed by atoms with van der Waals surface area (Å²) in [6.45, 7) is 0. The van der Waals surface area contributed by atoms with E-state index in [0.29, 0.717) is 6.26 Å². The molecule has 0 bridgehead atoms. The molecule has 0 spiro atoms. The van der Waals surface area contributed by atoms with Gasteiger partial charge in [-0.3, -0.25) is 4.55 Å². The fourth-order valence-corrected chi connectivity index (χ4v) is 0.385. The summed E-state index contributed by atoms with van der Waals surface area (Å²) in [5, 5.41) is 0. The van der Waals surface area contributed by atoms with Gasteiger partial charge in [0.2, 0.25) is 0 Å². The second kappa shape index (κ2) is 7.31. The fraction of sp³-hybridized carbons (Fsp3) is 0.143. The van der Waals surface area contributed by atoms with Crippen LogP contribution in [0.25, 0.3) is 0 Å². The van der Waals surface area contributed by atoms with Gasteiger partial charge in [-0.1, -0.05) is 36.4 Å². The van der Waals surface area contributed by atoms with Crippen LogP contribution in [0.1, 0.15) is 0 Å². The molecule has 1 rings (SSSR count). The third-order valence-electron chi connectivity index (χ3n) is 0.667. The third-order valence-corrected chi connectivity index (χ3v) is 0.667. The van der Waals surface area contributed by atoms with Gasteiger partial charge in [0.05, 0.1) is 6.26 Å². The van der Waals surface area contributed by atoms with Crippen LogP contribution >= 0.6 is 0 Å². The van der Waals surface area contributed by atoms with Crippen molar-refractivity contribution >= 4 is 10.1 Å². The summed E-state index contributed by atoms with van der Waals surface area (Å²) in [7, 11) is -3.67. The molecule has 0 atom stereocenters. The van der Waals surface area contributed by atoms with Crippen molar-refractivity contribution in [3.8, 4) is 0 Å². The van der Waals surface area contributed by atoms with E-state index in [-0.39, 0.29) is 17.1 Å². The predicted octanol–water partition coefficient (Wildman–Crippen LogP) is 1.19. The van der Waals surface area contributed by atoms with Crippen molar-refractivity contribution in [1.82, 2.24) is 0 Å². The first-order chi connectivity index (χ1) is 5.00. The molecule has 1 N–H and O–H groups in total. The Labute approximate surface area is 83.0 Å². The van der Waals surface area contributed by atoms with Gasteiger partial charge in [0.15, 0.2) is 0 Å². The van der Waals surface area contributed by atoms with Gasteiger partial charge in [-0.15, -0.1) is 0 Å². The van der Waals surface area contributed by atoms with Crippen LogP contribution in [0.4, 0.5) is 0 Å². The van der Waals surface area contributed by atoms with Crippen LogP contribution in [0.2, 0.25) is 0 Å². The molecule has 0 amide bonds. The Kier molecular flexibility index (Phi) is 8.64. The second-order valence-corrected chi connectivity index (χ2v) is 3.35. The Morgan fingerprint density at radius 1 is 0.917 bits per heavy atom. The van der Waals surface area contributed by atoms with Gasteiger partial charge in [-0.2, -0.15) is 8.42 Å². The largest absolute Gasteiger partial charge is 0.286 e. The molecule has 0 aliphatic rings. The summed E-state index contributed by atoms with van der Waals surface area (Å²) in [5.41, 5.74) is 0. The van der Waals surface area contributed by atoms with E-state index in [1.807, 2.05) is 36.4 Å². The molecule has 0 unspecified atom stereocenters. The van der Waals surface area contributed by atoms with E-state index in [0.717, 1.165) is 0 Å². The van der Waals surface area contributed by atoms with Gasteiger partial charge in [0.25, 0.3) is 10.1 Å². The van der Waals surface area contributed by atoms with E-state index < -0.39 is 10.1 Å². The Hall–Kier alpha value is -0.351. The standard InChI is InChI=1S/C6H6.CH4O3S.Fe/c1-2-4-6-5-3-1;1-5(2,3)4;/h1-6H;1H3,(H,2,3,4);. The molecule has 0 aliphatic carbocycles. The smallest absolute Gasteiger partial charge is 0.261 e. The number of hydrogen-bond acceptors (Lipinski definition) is 2. The molecule has 0 aliphatic heterocycles. The Balaban J connectivity index is 0. The molecule has 0 saturated heterocycles. The first-order valence-corrected chi connectivity index (χ1v) is 4.77. The maximum atomic E-state index is 9.19. The van der Waals surface area contributed by atoms with Crippen LogP contribution in [-0.4, -0.2) is 19.2 Å². The van der Waals surface area contributed by atoms with E-state index in [2.05, 4.69) is 0 Å². The monoisotopic (exact) mass is 230 g/mol. The number of rotatable bonds is 0. The molecule has 3 nitrogen and oxygen atoms in total. The Morgan fingerprint density at radius 2 is 1.00 bits per heavy atom. The van der Waals surface area contributed by atoms with Crippen molar-refractivity contribution in [1.29, 1.82) is 0 Å². The quantitative estimate of drug-likeness (QED) is 0.538. The summed E-state index contributed by atoms with van der Waals surface area (Å²) < 4.78 is 25.9. The summed E-state index contributed by atoms with van der Waals surface area (Å²) in [6, 6.07) is 12.0. The number of hydrogen-bond donors (Lipinski definition) is 1. The van der Waals surface area contributed by atoms with Crippen molar-refractivity contribution in [2.24, 2.45) is 0 Å². The summed E-state index contributed by atoms with van der Waals surface area (Å²) in [4.78, 5) is 0. The van der Waals surface area contributed by atoms with Gasteiger partial charge < -0.3 is 0 Å². The summed E-state index contributed by atoms with van der Waals surface area (Å²) in [5.74, 6) is 0. The van der Waals surface area contributed by atoms with E-state index in [1.54, 1.807) is 0 Å². The molecule has 0 radical (unpaired) electrons. The third kappa shape index (κ3) is 22.6. The molecule has 5 heteroatoms. The fourth-order valence-electron chi connectivity index (χ4n) is 0.385. The van der Waals surface area contributed by atoms with Crippen LogP contribution in [0.5, 0.6) is 0 Å². The Bertz CT molecular complexity index is 235. The molecule has 0 fully saturated rings. The maximum absolute atomic E-state index is 9.19. The second-order valence-electron chi connectivity index (χ2n) is 1.89. The normalized spacial score (nSPS) is 8.83. The van der Waals surface area contributed by atoms with Gasteiger partial charge in [0, 0.05) is 17.1 Å². The van der Waals surface area contributed by atoms with Crippen molar-refractivity contribution in [3.05, 3.63) is 36.4 Å². The van der Waals surface area contributed by atoms with Crippen LogP contribution in [0.3, 0.4) is 0 Å². The topological polar surface area (TPSA) is 54.4 Å². The zero-order chi connectivity index (χ0) is 8.74. The van der Waals surface area contributed by atoms with Crippen molar-refractivity contribution in [2.75, 3.05) is 6.26 Å². The van der Waals surface area contributed by atoms with Crippen LogP contribution in [0, 0.1) is 0 Å². The average molecular weight is 230 g/mol. The summed E-state index contributed by atoms with van der Waals surface area (Å²) >= 11 is 0. The van der Waals surface area contributed by atoms with Gasteiger partial charge >= 0.3 is 0 Å². The van der Waals surface area contributed by atoms with E-state index in [9.17, 15) is 8.42 Å². The SMILES string of the molecule is CS(=O)(=O)O.[Fe].c1ccccc1. The molecule has 1 aromatic carbocycles. The minimum Gasteiger partial charge on any atom is -0.286 e.